The van der Waals surface area contributed by atoms with Gasteiger partial charge in [0.15, 0.2) is 0 Å². The lowest BCUT2D eigenvalue weighted by molar-refractivity contribution is 0.426. The number of hydrogen-bond acceptors (Lipinski definition) is 4. The third-order valence-electron chi connectivity index (χ3n) is 6.46. The maximum atomic E-state index is 9.83. The summed E-state index contributed by atoms with van der Waals surface area (Å²) in [6.07, 6.45) is 1.96. The molecule has 0 aliphatic heterocycles. The Hall–Kier alpha value is -3.71. The lowest BCUT2D eigenvalue weighted by Crippen LogP contribution is -2.29. The van der Waals surface area contributed by atoms with Crippen LogP contribution < -0.4 is 5.46 Å². The van der Waals surface area contributed by atoms with Crippen LogP contribution in [-0.2, 0) is 0 Å². The van der Waals surface area contributed by atoms with Gasteiger partial charge in [0.05, 0.1) is 15.7 Å². The summed E-state index contributed by atoms with van der Waals surface area (Å²) in [5.41, 5.74) is 2.50. The normalized spacial score (nSPS) is 11.9. The number of aromatic nitrogens is 2. The zero-order chi connectivity index (χ0) is 22.1. The molecule has 0 amide bonds. The third-order valence-corrected chi connectivity index (χ3v) is 7.58. The van der Waals surface area contributed by atoms with Crippen molar-refractivity contribution in [2.45, 2.75) is 0 Å². The molecule has 33 heavy (non-hydrogen) atoms. The maximum absolute atomic E-state index is 9.83. The summed E-state index contributed by atoms with van der Waals surface area (Å²) in [6.45, 7) is 0. The summed E-state index contributed by atoms with van der Waals surface area (Å²) in [5.74, 6) is 0.846. The Labute approximate surface area is 193 Å². The molecule has 0 atom stereocenters. The van der Waals surface area contributed by atoms with Crippen LogP contribution in [0, 0.1) is 0 Å². The zero-order valence-corrected chi connectivity index (χ0v) is 18.3. The molecule has 0 unspecified atom stereocenters. The monoisotopic (exact) mass is 444 g/mol. The first-order chi connectivity index (χ1) is 16.2. The van der Waals surface area contributed by atoms with Crippen LogP contribution >= 0.6 is 11.3 Å². The molecule has 6 heteroatoms. The summed E-state index contributed by atoms with van der Waals surface area (Å²) in [4.78, 5) is 4.86. The number of fused-ring (bicyclic) bond motifs is 8. The topological polar surface area (TPSA) is 58.3 Å². The standard InChI is InChI=1S/C27H17BN2O2S/c31-28(32)17-10-12-22-21(13-17)27-18-6-2-1-5-16(18)9-11-23(27)30(22)26-14-20-19-7-3-4-8-24(19)33-25(20)15-29-26/h1-15,31-32H. The average Bonchev–Trinajstić information content (AvgIpc) is 3.38. The molecule has 0 spiro atoms. The lowest BCUT2D eigenvalue weighted by atomic mass is 9.79. The molecule has 0 fully saturated rings. The highest BCUT2D eigenvalue weighted by Gasteiger charge is 2.19. The Kier molecular flexibility index (Phi) is 3.93. The van der Waals surface area contributed by atoms with Gasteiger partial charge in [0.1, 0.15) is 5.82 Å². The first-order valence-electron chi connectivity index (χ1n) is 10.8. The van der Waals surface area contributed by atoms with Gasteiger partial charge in [-0.25, -0.2) is 4.98 Å². The number of rotatable bonds is 2. The summed E-state index contributed by atoms with van der Waals surface area (Å²) in [6, 6.07) is 28.8. The van der Waals surface area contributed by atoms with Gasteiger partial charge in [-0.2, -0.15) is 0 Å². The Morgan fingerprint density at radius 3 is 2.36 bits per heavy atom. The molecular formula is C27H17BN2O2S. The van der Waals surface area contributed by atoms with Gasteiger partial charge in [-0.1, -0.05) is 60.7 Å². The fourth-order valence-corrected chi connectivity index (χ4v) is 6.01. The number of benzene rings is 4. The second kappa shape index (κ2) is 6.89. The summed E-state index contributed by atoms with van der Waals surface area (Å²) < 4.78 is 4.59. The molecule has 3 aromatic heterocycles. The third kappa shape index (κ3) is 2.69. The van der Waals surface area contributed by atoms with E-state index in [1.807, 2.05) is 30.5 Å². The summed E-state index contributed by atoms with van der Waals surface area (Å²) >= 11 is 1.75. The van der Waals surface area contributed by atoms with Crippen molar-refractivity contribution in [2.75, 3.05) is 0 Å². The van der Waals surface area contributed by atoms with Crippen LogP contribution in [0.1, 0.15) is 0 Å². The molecule has 0 bridgehead atoms. The number of thiophene rings is 1. The Bertz CT molecular complexity index is 1870. The smallest absolute Gasteiger partial charge is 0.423 e. The van der Waals surface area contributed by atoms with Gasteiger partial charge in [0.25, 0.3) is 0 Å². The molecule has 0 saturated carbocycles. The van der Waals surface area contributed by atoms with E-state index in [9.17, 15) is 10.0 Å². The highest BCUT2D eigenvalue weighted by Crippen LogP contribution is 2.38. The van der Waals surface area contributed by atoms with Crippen molar-refractivity contribution >= 4 is 76.7 Å². The second-order valence-electron chi connectivity index (χ2n) is 8.30. The van der Waals surface area contributed by atoms with Crippen LogP contribution in [0.3, 0.4) is 0 Å². The molecule has 0 aliphatic rings. The minimum absolute atomic E-state index is 0.474. The van der Waals surface area contributed by atoms with E-state index < -0.39 is 7.12 Å². The van der Waals surface area contributed by atoms with E-state index in [4.69, 9.17) is 4.98 Å². The molecule has 0 saturated heterocycles. The molecular weight excluding hydrogens is 427 g/mol. The molecule has 0 aliphatic carbocycles. The molecule has 3 heterocycles. The molecule has 4 nitrogen and oxygen atoms in total. The molecule has 4 aromatic carbocycles. The Morgan fingerprint density at radius 1 is 0.697 bits per heavy atom. The summed E-state index contributed by atoms with van der Waals surface area (Å²) in [5, 5.41) is 26.4. The van der Waals surface area contributed by atoms with Gasteiger partial charge >= 0.3 is 7.12 Å². The van der Waals surface area contributed by atoms with Gasteiger partial charge in [-0.05, 0) is 40.5 Å². The van der Waals surface area contributed by atoms with E-state index in [1.165, 1.54) is 15.5 Å². The predicted octanol–water partition coefficient (Wildman–Crippen LogP) is 5.38. The van der Waals surface area contributed by atoms with Gasteiger partial charge in [-0.15, -0.1) is 11.3 Å². The van der Waals surface area contributed by atoms with Crippen molar-refractivity contribution < 1.29 is 10.0 Å². The quantitative estimate of drug-likeness (QED) is 0.352. The average molecular weight is 444 g/mol. The summed E-state index contributed by atoms with van der Waals surface area (Å²) in [7, 11) is -1.52. The number of nitrogens with zero attached hydrogens (tertiary/aromatic N) is 2. The van der Waals surface area contributed by atoms with E-state index in [2.05, 4.69) is 59.2 Å². The van der Waals surface area contributed by atoms with Crippen molar-refractivity contribution in [3.63, 3.8) is 0 Å². The highest BCUT2D eigenvalue weighted by atomic mass is 32.1. The van der Waals surface area contributed by atoms with Crippen molar-refractivity contribution in [2.24, 2.45) is 0 Å². The minimum Gasteiger partial charge on any atom is -0.423 e. The largest absolute Gasteiger partial charge is 0.488 e. The van der Waals surface area contributed by atoms with Gasteiger partial charge in [0, 0.05) is 32.4 Å². The SMILES string of the molecule is OB(O)c1ccc2c(c1)c1c3ccccc3ccc1n2-c1cc2c(cn1)sc1ccccc12. The van der Waals surface area contributed by atoms with Crippen LogP contribution in [0.5, 0.6) is 0 Å². The minimum atomic E-state index is -1.52. The predicted molar refractivity (Wildman–Crippen MR) is 139 cm³/mol. The van der Waals surface area contributed by atoms with Crippen molar-refractivity contribution in [3.05, 3.63) is 91.1 Å². The van der Waals surface area contributed by atoms with E-state index in [1.54, 1.807) is 17.4 Å². The van der Waals surface area contributed by atoms with Gasteiger partial charge in [0.2, 0.25) is 0 Å². The van der Waals surface area contributed by atoms with Crippen LogP contribution in [0.25, 0.3) is 58.6 Å². The van der Waals surface area contributed by atoms with Gasteiger partial charge < -0.3 is 10.0 Å². The van der Waals surface area contributed by atoms with Gasteiger partial charge in [-0.3, -0.25) is 4.57 Å². The highest BCUT2D eigenvalue weighted by molar-refractivity contribution is 7.25. The Morgan fingerprint density at radius 2 is 1.48 bits per heavy atom. The maximum Gasteiger partial charge on any atom is 0.488 e. The first-order valence-corrected chi connectivity index (χ1v) is 11.6. The van der Waals surface area contributed by atoms with Crippen molar-refractivity contribution in [3.8, 4) is 5.82 Å². The second-order valence-corrected chi connectivity index (χ2v) is 9.39. The van der Waals surface area contributed by atoms with Crippen LogP contribution in [0.2, 0.25) is 0 Å². The van der Waals surface area contributed by atoms with E-state index >= 15 is 0 Å². The van der Waals surface area contributed by atoms with Crippen LogP contribution in [-0.4, -0.2) is 26.7 Å². The van der Waals surface area contributed by atoms with Crippen molar-refractivity contribution in [1.82, 2.24) is 9.55 Å². The number of pyridine rings is 1. The van der Waals surface area contributed by atoms with E-state index in [0.29, 0.717) is 5.46 Å². The fourth-order valence-electron chi connectivity index (χ4n) is 4.96. The van der Waals surface area contributed by atoms with Crippen LogP contribution in [0.4, 0.5) is 0 Å². The molecule has 2 N–H and O–H groups in total. The van der Waals surface area contributed by atoms with Crippen LogP contribution in [0.15, 0.2) is 91.1 Å². The zero-order valence-electron chi connectivity index (χ0n) is 17.4. The lowest BCUT2D eigenvalue weighted by Gasteiger charge is -2.08. The first kappa shape index (κ1) is 18.8. The molecule has 156 valence electrons. The number of hydrogen-bond donors (Lipinski definition) is 2. The Balaban J connectivity index is 1.63. The molecule has 7 rings (SSSR count). The molecule has 0 radical (unpaired) electrons. The van der Waals surface area contributed by atoms with E-state index in [-0.39, 0.29) is 0 Å². The van der Waals surface area contributed by atoms with Crippen molar-refractivity contribution in [1.29, 1.82) is 0 Å². The fraction of sp³-hybridized carbons (Fsp3) is 0. The molecule has 7 aromatic rings. The van der Waals surface area contributed by atoms with E-state index in [0.717, 1.165) is 43.1 Å².